The van der Waals surface area contributed by atoms with Crippen molar-refractivity contribution in [2.45, 2.75) is 42.5 Å². The summed E-state index contributed by atoms with van der Waals surface area (Å²) in [5.41, 5.74) is 0. The third-order valence-electron chi connectivity index (χ3n) is 3.57. The van der Waals surface area contributed by atoms with Crippen LogP contribution in [-0.2, 0) is 20.0 Å². The van der Waals surface area contributed by atoms with Crippen LogP contribution in [0.4, 0.5) is 0 Å². The topological polar surface area (TPSA) is 92.3 Å². The minimum absolute atomic E-state index is 0.0309. The maximum atomic E-state index is 12.4. The first kappa shape index (κ1) is 20.1. The number of sulfonamides is 2. The van der Waals surface area contributed by atoms with Crippen molar-refractivity contribution in [3.05, 3.63) is 46.7 Å². The number of unbranched alkanes of at least 4 members (excludes halogenated alkanes) is 1. The SMILES string of the molecule is CCCCNS(=O)(=O)c1ccc(S(=O)(=O)NC(C)c2cccs2)cc1. The number of benzene rings is 1. The van der Waals surface area contributed by atoms with Crippen molar-refractivity contribution in [3.8, 4) is 0 Å². The Morgan fingerprint density at radius 1 is 1.00 bits per heavy atom. The smallest absolute Gasteiger partial charge is 0.211 e. The molecule has 0 aliphatic heterocycles. The Morgan fingerprint density at radius 3 is 2.12 bits per heavy atom. The average Bonchev–Trinajstić information content (AvgIpc) is 3.09. The summed E-state index contributed by atoms with van der Waals surface area (Å²) in [7, 11) is -7.34. The quantitative estimate of drug-likeness (QED) is 0.631. The summed E-state index contributed by atoms with van der Waals surface area (Å²) in [6, 6.07) is 8.57. The summed E-state index contributed by atoms with van der Waals surface area (Å²) in [5, 5.41) is 1.88. The van der Waals surface area contributed by atoms with Gasteiger partial charge in [-0.15, -0.1) is 11.3 Å². The van der Waals surface area contributed by atoms with Gasteiger partial charge in [0.05, 0.1) is 15.8 Å². The zero-order valence-electron chi connectivity index (χ0n) is 14.1. The van der Waals surface area contributed by atoms with Crippen molar-refractivity contribution in [1.82, 2.24) is 9.44 Å². The predicted molar refractivity (Wildman–Crippen MR) is 99.6 cm³/mol. The minimum atomic E-state index is -3.73. The third kappa shape index (κ3) is 5.35. The van der Waals surface area contributed by atoms with E-state index in [9.17, 15) is 16.8 Å². The number of thiophene rings is 1. The van der Waals surface area contributed by atoms with Gasteiger partial charge in [0.2, 0.25) is 20.0 Å². The molecular weight excluding hydrogens is 380 g/mol. The highest BCUT2D eigenvalue weighted by Gasteiger charge is 2.20. The second kappa shape index (κ2) is 8.41. The van der Waals surface area contributed by atoms with Gasteiger partial charge in [0.1, 0.15) is 0 Å². The lowest BCUT2D eigenvalue weighted by Gasteiger charge is -2.13. The van der Waals surface area contributed by atoms with Gasteiger partial charge < -0.3 is 0 Å². The highest BCUT2D eigenvalue weighted by Crippen LogP contribution is 2.21. The fourth-order valence-electron chi connectivity index (χ4n) is 2.16. The highest BCUT2D eigenvalue weighted by atomic mass is 32.2. The zero-order valence-corrected chi connectivity index (χ0v) is 16.5. The average molecular weight is 403 g/mol. The van der Waals surface area contributed by atoms with Gasteiger partial charge in [0.15, 0.2) is 0 Å². The number of nitrogens with one attached hydrogen (secondary N) is 2. The number of rotatable bonds is 9. The fraction of sp³-hybridized carbons (Fsp3) is 0.375. The van der Waals surface area contributed by atoms with E-state index in [2.05, 4.69) is 9.44 Å². The number of hydrogen-bond donors (Lipinski definition) is 2. The first-order valence-electron chi connectivity index (χ1n) is 7.92. The lowest BCUT2D eigenvalue weighted by molar-refractivity contribution is 0.567. The van der Waals surface area contributed by atoms with Crippen molar-refractivity contribution in [3.63, 3.8) is 0 Å². The summed E-state index contributed by atoms with van der Waals surface area (Å²) >= 11 is 1.47. The van der Waals surface area contributed by atoms with Crippen LogP contribution in [0.25, 0.3) is 0 Å². The van der Waals surface area contributed by atoms with E-state index in [1.54, 1.807) is 6.92 Å². The molecule has 1 aromatic heterocycles. The Kier molecular flexibility index (Phi) is 6.75. The van der Waals surface area contributed by atoms with Crippen LogP contribution in [0.2, 0.25) is 0 Å². The largest absolute Gasteiger partial charge is 0.241 e. The molecule has 0 aliphatic carbocycles. The van der Waals surface area contributed by atoms with Crippen molar-refractivity contribution in [2.24, 2.45) is 0 Å². The molecule has 1 unspecified atom stereocenters. The minimum Gasteiger partial charge on any atom is -0.211 e. The van der Waals surface area contributed by atoms with Gasteiger partial charge in [0, 0.05) is 11.4 Å². The molecule has 1 aromatic carbocycles. The molecule has 1 heterocycles. The first-order valence-corrected chi connectivity index (χ1v) is 11.8. The van der Waals surface area contributed by atoms with Crippen molar-refractivity contribution >= 4 is 31.4 Å². The Hall–Kier alpha value is -1.26. The van der Waals surface area contributed by atoms with Gasteiger partial charge in [-0.05, 0) is 49.1 Å². The van der Waals surface area contributed by atoms with E-state index in [0.717, 1.165) is 17.7 Å². The lowest BCUT2D eigenvalue weighted by Crippen LogP contribution is -2.27. The molecule has 0 spiro atoms. The molecule has 2 rings (SSSR count). The monoisotopic (exact) mass is 402 g/mol. The summed E-state index contributed by atoms with van der Waals surface area (Å²) < 4.78 is 54.2. The summed E-state index contributed by atoms with van der Waals surface area (Å²) in [6.07, 6.45) is 1.63. The maximum absolute atomic E-state index is 12.4. The van der Waals surface area contributed by atoms with E-state index < -0.39 is 20.0 Å². The summed E-state index contributed by atoms with van der Waals surface area (Å²) in [4.78, 5) is 0.986. The second-order valence-electron chi connectivity index (χ2n) is 5.58. The molecule has 2 N–H and O–H groups in total. The van der Waals surface area contributed by atoms with E-state index in [0.29, 0.717) is 6.54 Å². The van der Waals surface area contributed by atoms with E-state index >= 15 is 0 Å². The van der Waals surface area contributed by atoms with Crippen LogP contribution in [0.3, 0.4) is 0 Å². The Balaban J connectivity index is 2.13. The fourth-order valence-corrected chi connectivity index (χ4v) is 5.27. The van der Waals surface area contributed by atoms with E-state index in [-0.39, 0.29) is 15.8 Å². The molecule has 9 heteroatoms. The molecule has 25 heavy (non-hydrogen) atoms. The third-order valence-corrected chi connectivity index (χ3v) is 7.66. The molecule has 0 bridgehead atoms. The predicted octanol–water partition coefficient (Wildman–Crippen LogP) is 2.87. The van der Waals surface area contributed by atoms with E-state index in [1.165, 1.54) is 35.6 Å². The number of hydrogen-bond acceptors (Lipinski definition) is 5. The van der Waals surface area contributed by atoms with Gasteiger partial charge >= 0.3 is 0 Å². The van der Waals surface area contributed by atoms with Crippen LogP contribution in [0, 0.1) is 0 Å². The van der Waals surface area contributed by atoms with Gasteiger partial charge in [0.25, 0.3) is 0 Å². The Labute approximate surface area is 153 Å². The zero-order chi connectivity index (χ0) is 18.5. The van der Waals surface area contributed by atoms with Crippen LogP contribution in [0.15, 0.2) is 51.6 Å². The highest BCUT2D eigenvalue weighted by molar-refractivity contribution is 7.90. The molecule has 1 atom stereocenters. The van der Waals surface area contributed by atoms with Crippen molar-refractivity contribution in [2.75, 3.05) is 6.54 Å². The van der Waals surface area contributed by atoms with Gasteiger partial charge in [-0.3, -0.25) is 0 Å². The molecule has 0 aliphatic rings. The van der Waals surface area contributed by atoms with Crippen LogP contribution in [0.5, 0.6) is 0 Å². The first-order chi connectivity index (χ1) is 11.8. The molecular formula is C16H22N2O4S3. The van der Waals surface area contributed by atoms with Gasteiger partial charge in [-0.1, -0.05) is 19.4 Å². The molecule has 0 saturated heterocycles. The van der Waals surface area contributed by atoms with Crippen molar-refractivity contribution in [1.29, 1.82) is 0 Å². The maximum Gasteiger partial charge on any atom is 0.241 e. The van der Waals surface area contributed by atoms with Crippen LogP contribution in [0.1, 0.15) is 37.6 Å². The van der Waals surface area contributed by atoms with Gasteiger partial charge in [-0.2, -0.15) is 0 Å². The molecule has 2 aromatic rings. The molecule has 0 amide bonds. The van der Waals surface area contributed by atoms with Crippen molar-refractivity contribution < 1.29 is 16.8 Å². The lowest BCUT2D eigenvalue weighted by atomic mass is 10.3. The second-order valence-corrected chi connectivity index (χ2v) is 10.0. The Bertz CT molecular complexity index is 874. The van der Waals surface area contributed by atoms with E-state index in [1.807, 2.05) is 24.4 Å². The van der Waals surface area contributed by atoms with Gasteiger partial charge in [-0.25, -0.2) is 26.3 Å². The molecule has 6 nitrogen and oxygen atoms in total. The molecule has 138 valence electrons. The normalized spacial score (nSPS) is 13.7. The summed E-state index contributed by atoms with van der Waals surface area (Å²) in [5.74, 6) is 0. The molecule has 0 fully saturated rings. The molecule has 0 radical (unpaired) electrons. The van der Waals surface area contributed by atoms with Crippen LogP contribution >= 0.6 is 11.3 Å². The van der Waals surface area contributed by atoms with Crippen LogP contribution < -0.4 is 9.44 Å². The molecule has 0 saturated carbocycles. The van der Waals surface area contributed by atoms with E-state index in [4.69, 9.17) is 0 Å². The standard InChI is InChI=1S/C16H22N2O4S3/c1-3-4-11-17-24(19,20)14-7-9-15(10-8-14)25(21,22)18-13(2)16-6-5-12-23-16/h5-10,12-13,17-18H,3-4,11H2,1-2H3. The summed E-state index contributed by atoms with van der Waals surface area (Å²) in [6.45, 7) is 4.09. The van der Waals surface area contributed by atoms with Crippen LogP contribution in [-0.4, -0.2) is 23.4 Å². The Morgan fingerprint density at radius 2 is 1.60 bits per heavy atom.